The van der Waals surface area contributed by atoms with E-state index in [1.54, 1.807) is 23.7 Å². The van der Waals surface area contributed by atoms with Gasteiger partial charge in [0.05, 0.1) is 41.1 Å². The van der Waals surface area contributed by atoms with Crippen LogP contribution in [0.5, 0.6) is 5.75 Å². The third-order valence-corrected chi connectivity index (χ3v) is 12.8. The zero-order valence-electron chi connectivity index (χ0n) is 33.5. The largest absolute Gasteiger partial charge is 0.494 e. The van der Waals surface area contributed by atoms with E-state index in [4.69, 9.17) is 9.84 Å². The van der Waals surface area contributed by atoms with E-state index in [9.17, 15) is 32.3 Å². The monoisotopic (exact) mass is 815 g/mol. The van der Waals surface area contributed by atoms with Crippen LogP contribution in [0.2, 0.25) is 0 Å². The molecule has 2 atom stereocenters. The maximum atomic E-state index is 13.5. The van der Waals surface area contributed by atoms with Crippen LogP contribution >= 0.6 is 0 Å². The van der Waals surface area contributed by atoms with Gasteiger partial charge in [0, 0.05) is 56.3 Å². The number of ether oxygens (including phenoxy) is 1. The van der Waals surface area contributed by atoms with Gasteiger partial charge >= 0.3 is 11.9 Å². The number of amides is 3. The third-order valence-electron chi connectivity index (χ3n) is 12.8. The summed E-state index contributed by atoms with van der Waals surface area (Å²) in [6, 6.07) is 12.7. The molecule has 2 saturated heterocycles. The number of piperidine rings is 2. The molecular formula is C42H48F3N9O5. The number of rotatable bonds is 9. The second-order valence-corrected chi connectivity index (χ2v) is 16.1. The van der Waals surface area contributed by atoms with E-state index < -0.39 is 29.7 Å². The zero-order valence-corrected chi connectivity index (χ0v) is 33.5. The van der Waals surface area contributed by atoms with Gasteiger partial charge in [-0.1, -0.05) is 12.1 Å². The topological polar surface area (TPSA) is 149 Å². The summed E-state index contributed by atoms with van der Waals surface area (Å²) >= 11 is 0. The number of alkyl halides is 3. The lowest BCUT2D eigenvalue weighted by molar-refractivity contribution is -0.141. The highest BCUT2D eigenvalue weighted by Gasteiger charge is 2.36. The molecule has 2 aliphatic heterocycles. The number of methoxy groups -OCH3 is 1. The summed E-state index contributed by atoms with van der Waals surface area (Å²) in [4.78, 5) is 59.3. The summed E-state index contributed by atoms with van der Waals surface area (Å²) in [7, 11) is 5.43. The molecule has 5 aromatic rings. The highest BCUT2D eigenvalue weighted by atomic mass is 19.4. The molecule has 3 aliphatic rings. The van der Waals surface area contributed by atoms with Crippen LogP contribution in [0, 0.1) is 5.92 Å². The molecule has 1 saturated carbocycles. The number of nitrogens with zero attached hydrogens (tertiary/aromatic N) is 7. The average molecular weight is 816 g/mol. The molecule has 5 heterocycles. The minimum Gasteiger partial charge on any atom is -0.494 e. The molecule has 2 aromatic carbocycles. The lowest BCUT2D eigenvalue weighted by atomic mass is 9.81. The van der Waals surface area contributed by atoms with E-state index in [0.717, 1.165) is 80.3 Å². The van der Waals surface area contributed by atoms with E-state index in [-0.39, 0.29) is 29.8 Å². The Morgan fingerprint density at radius 1 is 1.00 bits per heavy atom. The number of aryl methyl sites for hydroxylation is 1. The smallest absolute Gasteiger partial charge is 0.433 e. The molecule has 3 fully saturated rings. The first kappa shape index (κ1) is 40.1. The van der Waals surface area contributed by atoms with Gasteiger partial charge in [0.2, 0.25) is 11.8 Å². The number of anilines is 2. The molecule has 1 aliphatic carbocycles. The van der Waals surface area contributed by atoms with Crippen molar-refractivity contribution >= 4 is 51.0 Å². The summed E-state index contributed by atoms with van der Waals surface area (Å²) in [6.07, 6.45) is 3.70. The summed E-state index contributed by atoms with van der Waals surface area (Å²) in [5, 5.41) is 10.7. The van der Waals surface area contributed by atoms with Crippen LogP contribution in [0.1, 0.15) is 86.6 Å². The van der Waals surface area contributed by atoms with Crippen LogP contribution in [0.25, 0.3) is 21.9 Å². The lowest BCUT2D eigenvalue weighted by Gasteiger charge is -2.43. The quantitative estimate of drug-likeness (QED) is 0.170. The molecule has 3 amide bonds. The van der Waals surface area contributed by atoms with E-state index in [1.165, 1.54) is 17.7 Å². The number of hydrogen-bond acceptors (Lipinski definition) is 9. The minimum atomic E-state index is -4.67. The van der Waals surface area contributed by atoms with E-state index in [1.807, 2.05) is 29.1 Å². The second kappa shape index (κ2) is 15.8. The Morgan fingerprint density at radius 2 is 1.73 bits per heavy atom. The second-order valence-electron chi connectivity index (χ2n) is 16.1. The zero-order chi connectivity index (χ0) is 41.7. The number of fused-ring (bicyclic) bond motifs is 2. The van der Waals surface area contributed by atoms with E-state index in [2.05, 4.69) is 39.4 Å². The number of halogens is 3. The normalized spacial score (nSPS) is 21.3. The van der Waals surface area contributed by atoms with Crippen LogP contribution in [-0.4, -0.2) is 85.9 Å². The van der Waals surface area contributed by atoms with Gasteiger partial charge in [0.1, 0.15) is 23.2 Å². The van der Waals surface area contributed by atoms with Gasteiger partial charge in [-0.2, -0.15) is 18.3 Å². The summed E-state index contributed by atoms with van der Waals surface area (Å²) in [5.74, 6) is -0.691. The number of hydrogen-bond donors (Lipinski definition) is 2. The van der Waals surface area contributed by atoms with Crippen LogP contribution in [-0.2, 0) is 22.8 Å². The van der Waals surface area contributed by atoms with Gasteiger partial charge in [-0.15, -0.1) is 0 Å². The Morgan fingerprint density at radius 3 is 2.42 bits per heavy atom. The maximum Gasteiger partial charge on any atom is 0.433 e. The number of pyridine rings is 1. The van der Waals surface area contributed by atoms with E-state index in [0.29, 0.717) is 46.9 Å². The van der Waals surface area contributed by atoms with Crippen LogP contribution in [0.15, 0.2) is 59.5 Å². The van der Waals surface area contributed by atoms with Gasteiger partial charge in [-0.25, -0.2) is 9.78 Å². The Balaban J connectivity index is 0.883. The van der Waals surface area contributed by atoms with Crippen molar-refractivity contribution in [2.45, 2.75) is 88.6 Å². The lowest BCUT2D eigenvalue weighted by Crippen LogP contribution is -2.49. The van der Waals surface area contributed by atoms with Gasteiger partial charge in [-0.3, -0.25) is 33.5 Å². The van der Waals surface area contributed by atoms with Crippen molar-refractivity contribution in [3.8, 4) is 5.75 Å². The molecule has 3 aromatic heterocycles. The van der Waals surface area contributed by atoms with Gasteiger partial charge in [-0.05, 0) is 95.2 Å². The fourth-order valence-corrected chi connectivity index (χ4v) is 9.36. The van der Waals surface area contributed by atoms with Gasteiger partial charge in [0.15, 0.2) is 0 Å². The number of benzene rings is 2. The summed E-state index contributed by atoms with van der Waals surface area (Å²) in [5.41, 5.74) is 1.68. The molecule has 2 N–H and O–H groups in total. The number of imide groups is 1. The van der Waals surface area contributed by atoms with Crippen molar-refractivity contribution in [1.29, 1.82) is 0 Å². The van der Waals surface area contributed by atoms with Crippen LogP contribution < -0.4 is 26.0 Å². The molecule has 1 unspecified atom stereocenters. The molecule has 17 heteroatoms. The molecule has 14 nitrogen and oxygen atoms in total. The molecule has 8 rings (SSSR count). The Bertz CT molecular complexity index is 2480. The highest BCUT2D eigenvalue weighted by Crippen LogP contribution is 2.39. The number of imidazole rings is 1. The van der Waals surface area contributed by atoms with Crippen molar-refractivity contribution in [3.05, 3.63) is 76.6 Å². The Kier molecular flexibility index (Phi) is 10.7. The molecular weight excluding hydrogens is 768 g/mol. The molecule has 59 heavy (non-hydrogen) atoms. The molecule has 0 radical (unpaired) electrons. The first-order chi connectivity index (χ1) is 28.2. The third kappa shape index (κ3) is 7.67. The first-order valence-corrected chi connectivity index (χ1v) is 20.1. The standard InChI is InChI=1S/C42H48F3N9O5/c1-24(50(2)27-17-19-52(20-18-27)32-8-6-9-33-38(32)51(3)41(58)54(33)34-15-16-37(55)48-40(34)57)25-11-13-28(14-12-25)53-23-26-21-31(35(59-4)22-30(26)49-53)47-39(56)29-7-5-10-36(46-29)42(43,44)45/h5-10,21-25,27-28,34H,11-20H2,1-4H3,(H,47,56)(H,48,55,57)/t24?,25?,28?,34-/m1/s1. The minimum absolute atomic E-state index is 0.196. The fourth-order valence-electron chi connectivity index (χ4n) is 9.36. The molecule has 0 spiro atoms. The Labute approximate surface area is 338 Å². The first-order valence-electron chi connectivity index (χ1n) is 20.1. The maximum absolute atomic E-state index is 13.5. The highest BCUT2D eigenvalue weighted by molar-refractivity contribution is 6.05. The predicted molar refractivity (Wildman–Crippen MR) is 216 cm³/mol. The SMILES string of the molecule is COc1cc2nn(C3CCC(C(C)N(C)C4CCN(c5cccc6c5n(C)c(=O)n6[C@@H]5CCC(=O)NC5=O)CC4)CC3)cc2cc1NC(=O)c1cccc(C(F)(F)F)n1. The summed E-state index contributed by atoms with van der Waals surface area (Å²) < 4.78 is 50.3. The van der Waals surface area contributed by atoms with Crippen molar-refractivity contribution in [2.75, 3.05) is 37.5 Å². The van der Waals surface area contributed by atoms with Crippen molar-refractivity contribution in [3.63, 3.8) is 0 Å². The van der Waals surface area contributed by atoms with Crippen LogP contribution in [0.4, 0.5) is 24.5 Å². The van der Waals surface area contributed by atoms with Crippen molar-refractivity contribution in [1.82, 2.24) is 34.1 Å². The van der Waals surface area contributed by atoms with Crippen LogP contribution in [0.3, 0.4) is 0 Å². The fraction of sp³-hybridized carbons (Fsp3) is 0.476. The van der Waals surface area contributed by atoms with E-state index >= 15 is 0 Å². The van der Waals surface area contributed by atoms with Gasteiger partial charge < -0.3 is 19.9 Å². The number of nitrogens with one attached hydrogen (secondary N) is 2. The summed E-state index contributed by atoms with van der Waals surface area (Å²) in [6.45, 7) is 3.98. The number of para-hydroxylation sites is 1. The number of aromatic nitrogens is 5. The molecule has 0 bridgehead atoms. The number of carbonyl (C=O) groups is 3. The van der Waals surface area contributed by atoms with Crippen molar-refractivity contribution in [2.24, 2.45) is 13.0 Å². The predicted octanol–water partition coefficient (Wildman–Crippen LogP) is 6.06. The average Bonchev–Trinajstić information content (AvgIpc) is 3.76. The Hall–Kier alpha value is -5.71. The van der Waals surface area contributed by atoms with Gasteiger partial charge in [0.25, 0.3) is 5.91 Å². The van der Waals surface area contributed by atoms with Crippen molar-refractivity contribution < 1.29 is 32.3 Å². The number of carbonyl (C=O) groups excluding carboxylic acids is 3. The molecule has 312 valence electrons.